The van der Waals surface area contributed by atoms with Gasteiger partial charge in [-0.3, -0.25) is 0 Å². The Morgan fingerprint density at radius 3 is 2.20 bits per heavy atom. The minimum atomic E-state index is -4.14. The second-order valence-electron chi connectivity index (χ2n) is 4.04. The predicted molar refractivity (Wildman–Crippen MR) is 53.6 cm³/mol. The smallest absolute Gasteiger partial charge is 0.413 e. The summed E-state index contributed by atoms with van der Waals surface area (Å²) in [5.74, 6) is 0. The van der Waals surface area contributed by atoms with Crippen molar-refractivity contribution in [2.24, 2.45) is 0 Å². The minimum absolute atomic E-state index is 0.0523. The zero-order valence-corrected chi connectivity index (χ0v) is 11.8. The minimum Gasteiger partial charge on any atom is -0.416 e. The van der Waals surface area contributed by atoms with Crippen molar-refractivity contribution in [3.63, 3.8) is 0 Å². The molecule has 2 radical (unpaired) electrons. The van der Waals surface area contributed by atoms with E-state index in [-0.39, 0.29) is 16.1 Å². The number of hydrogen-bond donors (Lipinski definition) is 0. The average molecular weight is 274 g/mol. The van der Waals surface area contributed by atoms with Crippen LogP contribution in [-0.2, 0) is 12.3 Å². The van der Waals surface area contributed by atoms with E-state index in [1.807, 2.05) is 13.1 Å². The summed E-state index contributed by atoms with van der Waals surface area (Å²) in [6.45, 7) is 5.31. The zero-order valence-electron chi connectivity index (χ0n) is 8.77. The van der Waals surface area contributed by atoms with E-state index in [1.54, 1.807) is 6.55 Å². The number of hydrogen-bond acceptors (Lipinski definition) is 3. The Morgan fingerprint density at radius 2 is 1.73 bits per heavy atom. The van der Waals surface area contributed by atoms with Crippen molar-refractivity contribution in [3.05, 3.63) is 0 Å². The highest BCUT2D eigenvalue weighted by atomic mass is 28.5. The summed E-state index contributed by atoms with van der Waals surface area (Å²) in [4.78, 5) is 0. The normalized spacial score (nSPS) is 31.6. The van der Waals surface area contributed by atoms with Gasteiger partial charge in [-0.05, 0) is 25.7 Å². The largest absolute Gasteiger partial charge is 0.416 e. The molecule has 0 aromatic heterocycles. The van der Waals surface area contributed by atoms with E-state index in [4.69, 9.17) is 12.3 Å². The molecule has 1 saturated heterocycles. The van der Waals surface area contributed by atoms with Crippen LogP contribution in [0.25, 0.3) is 0 Å². The summed E-state index contributed by atoms with van der Waals surface area (Å²) < 4.78 is 52.3. The maximum atomic E-state index is 12.1. The van der Waals surface area contributed by atoms with Crippen LogP contribution < -0.4 is 0 Å². The standard InChI is InChI=1S/C6H13F3O3Si3/c1-14(2)10-13-11-15(3,12-14)5-4-6(7,8)9/h4-5H2,1-3H3. The van der Waals surface area contributed by atoms with Gasteiger partial charge in [-0.25, -0.2) is 0 Å². The summed E-state index contributed by atoms with van der Waals surface area (Å²) in [5, 5.41) is 0. The number of alkyl halides is 3. The van der Waals surface area contributed by atoms with Gasteiger partial charge in [-0.1, -0.05) is 0 Å². The van der Waals surface area contributed by atoms with Crippen molar-refractivity contribution in [3.8, 4) is 0 Å². The van der Waals surface area contributed by atoms with Crippen LogP contribution in [0.15, 0.2) is 0 Å². The Morgan fingerprint density at radius 1 is 1.13 bits per heavy atom. The third-order valence-electron chi connectivity index (χ3n) is 1.87. The highest BCUT2D eigenvalue weighted by Gasteiger charge is 2.46. The molecule has 1 rings (SSSR count). The molecule has 88 valence electrons. The Labute approximate surface area is 91.5 Å². The molecule has 0 aromatic carbocycles. The van der Waals surface area contributed by atoms with E-state index in [9.17, 15) is 13.2 Å². The molecule has 1 atom stereocenters. The molecule has 1 aliphatic heterocycles. The third-order valence-corrected chi connectivity index (χ3v) is 11.1. The van der Waals surface area contributed by atoms with Gasteiger partial charge < -0.3 is 12.3 Å². The molecule has 1 aliphatic rings. The summed E-state index contributed by atoms with van der Waals surface area (Å²) in [6.07, 6.45) is -4.99. The summed E-state index contributed by atoms with van der Waals surface area (Å²) >= 11 is 0. The second kappa shape index (κ2) is 4.30. The topological polar surface area (TPSA) is 27.7 Å². The van der Waals surface area contributed by atoms with Crippen LogP contribution in [0, 0.1) is 0 Å². The first-order valence-electron chi connectivity index (χ1n) is 4.50. The lowest BCUT2D eigenvalue weighted by atomic mass is 10.5. The fourth-order valence-corrected chi connectivity index (χ4v) is 10.1. The molecular weight excluding hydrogens is 261 g/mol. The van der Waals surface area contributed by atoms with Gasteiger partial charge in [0.1, 0.15) is 0 Å². The molecule has 0 aromatic rings. The van der Waals surface area contributed by atoms with Gasteiger partial charge in [-0.15, -0.1) is 0 Å². The first kappa shape index (κ1) is 13.4. The van der Waals surface area contributed by atoms with E-state index in [1.165, 1.54) is 0 Å². The second-order valence-corrected chi connectivity index (χ2v) is 12.2. The third kappa shape index (κ3) is 4.78. The highest BCUT2D eigenvalue weighted by molar-refractivity contribution is 6.85. The molecule has 0 bridgehead atoms. The Kier molecular flexibility index (Phi) is 3.83. The van der Waals surface area contributed by atoms with E-state index in [0.29, 0.717) is 0 Å². The van der Waals surface area contributed by atoms with Gasteiger partial charge in [0.15, 0.2) is 0 Å². The maximum absolute atomic E-state index is 12.1. The zero-order chi connectivity index (χ0) is 11.7. The monoisotopic (exact) mass is 274 g/mol. The average Bonchev–Trinajstić information content (AvgIpc) is 1.97. The molecule has 1 unspecified atom stereocenters. The van der Waals surface area contributed by atoms with Crippen molar-refractivity contribution in [2.75, 3.05) is 0 Å². The Bertz CT molecular complexity index is 235. The van der Waals surface area contributed by atoms with Crippen molar-refractivity contribution >= 4 is 27.1 Å². The number of halogens is 3. The van der Waals surface area contributed by atoms with Gasteiger partial charge in [-0.2, -0.15) is 13.2 Å². The molecule has 1 fully saturated rings. The predicted octanol–water partition coefficient (Wildman–Crippen LogP) is 2.31. The summed E-state index contributed by atoms with van der Waals surface area (Å²) in [7, 11) is -5.06. The van der Waals surface area contributed by atoms with Gasteiger partial charge in [0.05, 0.1) is 0 Å². The van der Waals surface area contributed by atoms with Crippen LogP contribution in [0.1, 0.15) is 6.42 Å². The van der Waals surface area contributed by atoms with E-state index >= 15 is 0 Å². The molecule has 9 heteroatoms. The maximum Gasteiger partial charge on any atom is 0.413 e. The molecule has 0 saturated carbocycles. The lowest BCUT2D eigenvalue weighted by molar-refractivity contribution is -0.131. The van der Waals surface area contributed by atoms with Crippen molar-refractivity contribution in [2.45, 2.75) is 38.3 Å². The molecular formula is C6H13F3O3Si3. The first-order chi connectivity index (χ1) is 6.62. The molecule has 15 heavy (non-hydrogen) atoms. The van der Waals surface area contributed by atoms with Crippen molar-refractivity contribution in [1.29, 1.82) is 0 Å². The Hall–Kier alpha value is 0.321. The summed E-state index contributed by atoms with van der Waals surface area (Å²) in [6, 6.07) is -0.0523. The lowest BCUT2D eigenvalue weighted by Crippen LogP contribution is -2.57. The van der Waals surface area contributed by atoms with E-state index in [2.05, 4.69) is 0 Å². The van der Waals surface area contributed by atoms with Crippen LogP contribution in [-0.4, -0.2) is 33.3 Å². The van der Waals surface area contributed by atoms with Gasteiger partial charge in [0, 0.05) is 6.42 Å². The molecule has 3 nitrogen and oxygen atoms in total. The molecule has 0 N–H and O–H groups in total. The van der Waals surface area contributed by atoms with Crippen molar-refractivity contribution < 1.29 is 25.5 Å². The van der Waals surface area contributed by atoms with Crippen LogP contribution in [0.5, 0.6) is 0 Å². The fraction of sp³-hybridized carbons (Fsp3) is 1.00. The lowest BCUT2D eigenvalue weighted by Gasteiger charge is -2.39. The SMILES string of the molecule is C[Si]1(C)O[Si]O[Si](C)(CCC(F)(F)F)O1. The van der Waals surface area contributed by atoms with Crippen LogP contribution in [0.3, 0.4) is 0 Å². The fourth-order valence-electron chi connectivity index (χ4n) is 1.24. The van der Waals surface area contributed by atoms with Crippen LogP contribution in [0.2, 0.25) is 25.7 Å². The molecule has 0 spiro atoms. The van der Waals surface area contributed by atoms with Crippen molar-refractivity contribution in [1.82, 2.24) is 0 Å². The quantitative estimate of drug-likeness (QED) is 0.723. The number of rotatable bonds is 2. The van der Waals surface area contributed by atoms with Crippen LogP contribution in [0.4, 0.5) is 13.2 Å². The summed E-state index contributed by atoms with van der Waals surface area (Å²) in [5.41, 5.74) is 0. The first-order valence-corrected chi connectivity index (χ1v) is 10.7. The van der Waals surface area contributed by atoms with Gasteiger partial charge >= 0.3 is 33.3 Å². The van der Waals surface area contributed by atoms with Gasteiger partial charge in [0.25, 0.3) is 0 Å². The van der Waals surface area contributed by atoms with Gasteiger partial charge in [0.2, 0.25) is 0 Å². The Balaban J connectivity index is 2.51. The molecule has 1 heterocycles. The molecule has 0 amide bonds. The highest BCUT2D eigenvalue weighted by Crippen LogP contribution is 2.30. The van der Waals surface area contributed by atoms with E-state index in [0.717, 1.165) is 0 Å². The van der Waals surface area contributed by atoms with Crippen LogP contribution >= 0.6 is 0 Å². The molecule has 0 aliphatic carbocycles. The van der Waals surface area contributed by atoms with E-state index < -0.39 is 29.7 Å².